The summed E-state index contributed by atoms with van der Waals surface area (Å²) in [5.74, 6) is -0.0333. The molecule has 1 N–H and O–H groups in total. The zero-order valence-corrected chi connectivity index (χ0v) is 26.3. The van der Waals surface area contributed by atoms with Crippen molar-refractivity contribution in [2.24, 2.45) is 0 Å². The van der Waals surface area contributed by atoms with Crippen LogP contribution in [-0.4, -0.2) is 82.3 Å². The number of amides is 1. The fourth-order valence-corrected chi connectivity index (χ4v) is 10.1. The van der Waals surface area contributed by atoms with E-state index in [1.54, 1.807) is 4.90 Å². The Morgan fingerprint density at radius 2 is 1.87 bits per heavy atom. The number of nitrogens with zero attached hydrogens (tertiary/aromatic N) is 5. The van der Waals surface area contributed by atoms with E-state index < -0.39 is 50.9 Å². The minimum atomic E-state index is -2.88. The second-order valence-corrected chi connectivity index (χ2v) is 16.8. The number of hydrogen-bond acceptors (Lipinski definition) is 7. The van der Waals surface area contributed by atoms with Crippen LogP contribution < -0.4 is 4.90 Å². The van der Waals surface area contributed by atoms with Gasteiger partial charge in [-0.15, -0.1) is 0 Å². The monoisotopic (exact) mass is 669 g/mol. The summed E-state index contributed by atoms with van der Waals surface area (Å²) in [7, 11) is -2.55. The average Bonchev–Trinajstić information content (AvgIpc) is 3.23. The van der Waals surface area contributed by atoms with Crippen molar-refractivity contribution in [1.29, 1.82) is 0 Å². The van der Waals surface area contributed by atoms with Crippen molar-refractivity contribution in [2.45, 2.75) is 94.5 Å². The van der Waals surface area contributed by atoms with E-state index in [-0.39, 0.29) is 38.2 Å². The lowest BCUT2D eigenvalue weighted by atomic mass is 9.97. The predicted octanol–water partition coefficient (Wildman–Crippen LogP) is 7.05. The molecular formula is C24H32BrClF3N5O3SSi. The van der Waals surface area contributed by atoms with Gasteiger partial charge in [-0.1, -0.05) is 51.1 Å². The number of anilines is 1. The molecule has 2 bridgehead atoms. The summed E-state index contributed by atoms with van der Waals surface area (Å²) in [4.78, 5) is 28.4. The van der Waals surface area contributed by atoms with E-state index in [1.165, 1.54) is 16.7 Å². The first-order valence-electron chi connectivity index (χ1n) is 13.1. The molecule has 2 fully saturated rings. The fourth-order valence-electron chi connectivity index (χ4n) is 5.93. The molecule has 2 aliphatic rings. The normalized spacial score (nSPS) is 22.3. The SMILES string of the molecule is CCSc1nc(N2C[C@H]3CC[C@@H]([C@H]2[C@H](O[Si](CC)(CC)CC)C(F)F)N3C(=O)O)c2c(Br)nc(Cl)c(F)c2n1. The van der Waals surface area contributed by atoms with Crippen LogP contribution in [0.25, 0.3) is 10.9 Å². The highest BCUT2D eigenvalue weighted by molar-refractivity contribution is 9.10. The third kappa shape index (κ3) is 5.60. The van der Waals surface area contributed by atoms with E-state index in [9.17, 15) is 9.90 Å². The van der Waals surface area contributed by atoms with Crippen molar-refractivity contribution < 1.29 is 27.5 Å². The summed E-state index contributed by atoms with van der Waals surface area (Å²) in [6, 6.07) is -0.298. The lowest BCUT2D eigenvalue weighted by Gasteiger charge is -2.50. The van der Waals surface area contributed by atoms with Crippen LogP contribution in [0.2, 0.25) is 23.3 Å². The first-order chi connectivity index (χ1) is 18.5. The number of thioether (sulfide) groups is 1. The molecule has 2 aromatic rings. The molecule has 4 atom stereocenters. The van der Waals surface area contributed by atoms with E-state index in [0.717, 1.165) is 0 Å². The standard InChI is InChI=1S/C24H32BrClF3N5O3SSi/c1-5-38-23-30-16-14(19(25)31-20(26)15(16)27)22(32-23)33-11-12-9-10-13(34(12)24(35)36)17(33)18(21(28)29)37-39(6-2,7-3)8-4/h12-13,17-18,21H,5-11H2,1-4H3,(H,35,36)/t12-,13+,17+,18+/m1/s1. The van der Waals surface area contributed by atoms with Crippen molar-refractivity contribution in [2.75, 3.05) is 17.2 Å². The Morgan fingerprint density at radius 1 is 1.21 bits per heavy atom. The number of rotatable bonds is 10. The van der Waals surface area contributed by atoms with Crippen molar-refractivity contribution >= 4 is 70.4 Å². The molecule has 0 radical (unpaired) electrons. The molecular weight excluding hydrogens is 639 g/mol. The summed E-state index contributed by atoms with van der Waals surface area (Å²) in [5, 5.41) is 10.1. The Kier molecular flexibility index (Phi) is 9.61. The first-order valence-corrected chi connectivity index (χ1v) is 17.8. The van der Waals surface area contributed by atoms with E-state index in [1.807, 2.05) is 27.7 Å². The molecule has 0 saturated carbocycles. The smallest absolute Gasteiger partial charge is 0.407 e. The van der Waals surface area contributed by atoms with Crippen LogP contribution in [0.4, 0.5) is 23.8 Å². The molecule has 0 unspecified atom stereocenters. The van der Waals surface area contributed by atoms with Gasteiger partial charge >= 0.3 is 6.09 Å². The van der Waals surface area contributed by atoms with Crippen LogP contribution >= 0.6 is 39.3 Å². The van der Waals surface area contributed by atoms with Crippen LogP contribution in [0.15, 0.2) is 9.76 Å². The van der Waals surface area contributed by atoms with Gasteiger partial charge in [-0.25, -0.2) is 32.9 Å². The molecule has 0 aromatic carbocycles. The average molecular weight is 671 g/mol. The summed E-state index contributed by atoms with van der Waals surface area (Å²) < 4.78 is 52.0. The number of aromatic nitrogens is 3. The van der Waals surface area contributed by atoms with Crippen LogP contribution in [0, 0.1) is 5.82 Å². The third-order valence-corrected chi connectivity index (χ3v) is 14.2. The molecule has 39 heavy (non-hydrogen) atoms. The molecule has 2 saturated heterocycles. The van der Waals surface area contributed by atoms with Gasteiger partial charge < -0.3 is 14.4 Å². The number of alkyl halides is 2. The van der Waals surface area contributed by atoms with Gasteiger partial charge in [0.25, 0.3) is 6.43 Å². The fraction of sp³-hybridized carbons (Fsp3) is 0.667. The van der Waals surface area contributed by atoms with Crippen molar-refractivity contribution in [1.82, 2.24) is 19.9 Å². The molecule has 216 valence electrons. The molecule has 1 amide bonds. The van der Waals surface area contributed by atoms with E-state index in [0.29, 0.717) is 36.7 Å². The largest absolute Gasteiger partial charge is 0.465 e. The topological polar surface area (TPSA) is 91.7 Å². The Balaban J connectivity index is 1.97. The summed E-state index contributed by atoms with van der Waals surface area (Å²) >= 11 is 10.7. The molecule has 8 nitrogen and oxygen atoms in total. The maximum Gasteiger partial charge on any atom is 0.407 e. The quantitative estimate of drug-likeness (QED) is 0.125. The second-order valence-electron chi connectivity index (χ2n) is 9.79. The number of carboxylic acid groups (broad SMARTS) is 1. The van der Waals surface area contributed by atoms with E-state index >= 15 is 13.2 Å². The maximum absolute atomic E-state index is 15.3. The Hall–Kier alpha value is -1.35. The Morgan fingerprint density at radius 3 is 2.44 bits per heavy atom. The number of piperazine rings is 1. The maximum atomic E-state index is 15.3. The lowest BCUT2D eigenvalue weighted by molar-refractivity contribution is -0.0330. The van der Waals surface area contributed by atoms with Gasteiger partial charge in [0, 0.05) is 6.54 Å². The van der Waals surface area contributed by atoms with Gasteiger partial charge in [0.1, 0.15) is 22.0 Å². The van der Waals surface area contributed by atoms with Gasteiger partial charge in [-0.05, 0) is 52.7 Å². The Labute approximate surface area is 244 Å². The number of pyridine rings is 1. The molecule has 0 spiro atoms. The molecule has 15 heteroatoms. The lowest BCUT2D eigenvalue weighted by Crippen LogP contribution is -2.67. The van der Waals surface area contributed by atoms with Gasteiger partial charge in [0.2, 0.25) is 0 Å². The first kappa shape index (κ1) is 30.6. The minimum Gasteiger partial charge on any atom is -0.465 e. The Bertz CT molecular complexity index is 1230. The predicted molar refractivity (Wildman–Crippen MR) is 152 cm³/mol. The van der Waals surface area contributed by atoms with Crippen LogP contribution in [-0.2, 0) is 4.43 Å². The highest BCUT2D eigenvalue weighted by atomic mass is 79.9. The van der Waals surface area contributed by atoms with Gasteiger partial charge in [-0.2, -0.15) is 0 Å². The number of hydrogen-bond donors (Lipinski definition) is 1. The van der Waals surface area contributed by atoms with Crippen molar-refractivity contribution in [3.8, 4) is 0 Å². The molecule has 0 aliphatic carbocycles. The minimum absolute atomic E-state index is 0.0801. The van der Waals surface area contributed by atoms with Gasteiger partial charge in [0.15, 0.2) is 24.4 Å². The van der Waals surface area contributed by atoms with Gasteiger partial charge in [0.05, 0.1) is 23.5 Å². The summed E-state index contributed by atoms with van der Waals surface area (Å²) in [6.45, 7) is 7.85. The van der Waals surface area contributed by atoms with Gasteiger partial charge in [-0.3, -0.25) is 4.90 Å². The molecule has 4 rings (SSSR count). The third-order valence-electron chi connectivity index (χ3n) is 8.04. The highest BCUT2D eigenvalue weighted by Gasteiger charge is 2.55. The summed E-state index contributed by atoms with van der Waals surface area (Å²) in [6.07, 6.45) is -4.69. The number of carbonyl (C=O) groups is 1. The van der Waals surface area contributed by atoms with Crippen molar-refractivity contribution in [3.05, 3.63) is 15.6 Å². The zero-order valence-electron chi connectivity index (χ0n) is 22.1. The molecule has 2 aliphatic heterocycles. The van der Waals surface area contributed by atoms with Crippen molar-refractivity contribution in [3.63, 3.8) is 0 Å². The highest BCUT2D eigenvalue weighted by Crippen LogP contribution is 2.44. The van der Waals surface area contributed by atoms with E-state index in [2.05, 4.69) is 25.9 Å². The molecule has 4 heterocycles. The molecule has 2 aromatic heterocycles. The van der Waals surface area contributed by atoms with E-state index in [4.69, 9.17) is 21.0 Å². The summed E-state index contributed by atoms with van der Waals surface area (Å²) in [5.41, 5.74) is -0.0801. The van der Waals surface area contributed by atoms with Crippen LogP contribution in [0.3, 0.4) is 0 Å². The zero-order chi connectivity index (χ0) is 28.6. The van der Waals surface area contributed by atoms with Crippen LogP contribution in [0.5, 0.6) is 0 Å². The second kappa shape index (κ2) is 12.3. The number of fused-ring (bicyclic) bond motifs is 3. The van der Waals surface area contributed by atoms with Crippen LogP contribution in [0.1, 0.15) is 40.5 Å². The number of halogens is 5.